The molecule has 182 valence electrons. The molecule has 0 aromatic heterocycles. The molecule has 1 heterocycles. The SMILES string of the molecule is Cc1ccc(N2C(=O)CN(S(=O)(=O)c3ccccc3)C[C@]2(C)C(=O)NCc2ccccc2)c(C)c1. The summed E-state index contributed by atoms with van der Waals surface area (Å²) >= 11 is 0. The molecule has 3 aromatic carbocycles. The Morgan fingerprint density at radius 3 is 2.23 bits per heavy atom. The van der Waals surface area contributed by atoms with Crippen LogP contribution in [-0.4, -0.2) is 43.2 Å². The zero-order valence-electron chi connectivity index (χ0n) is 20.1. The van der Waals surface area contributed by atoms with Crippen LogP contribution in [0.4, 0.5) is 5.69 Å². The minimum absolute atomic E-state index is 0.0832. The van der Waals surface area contributed by atoms with Crippen molar-refractivity contribution in [1.82, 2.24) is 9.62 Å². The maximum atomic E-state index is 13.7. The van der Waals surface area contributed by atoms with Crippen LogP contribution in [-0.2, 0) is 26.2 Å². The van der Waals surface area contributed by atoms with Gasteiger partial charge in [-0.05, 0) is 50.1 Å². The summed E-state index contributed by atoms with van der Waals surface area (Å²) in [4.78, 5) is 28.8. The van der Waals surface area contributed by atoms with E-state index in [0.29, 0.717) is 5.69 Å². The van der Waals surface area contributed by atoms with Crippen LogP contribution in [0.1, 0.15) is 23.6 Å². The molecule has 0 radical (unpaired) electrons. The van der Waals surface area contributed by atoms with Crippen LogP contribution in [0.2, 0.25) is 0 Å². The average Bonchev–Trinajstić information content (AvgIpc) is 2.84. The summed E-state index contributed by atoms with van der Waals surface area (Å²) in [7, 11) is -3.98. The molecular weight excluding hydrogens is 462 g/mol. The van der Waals surface area contributed by atoms with Crippen molar-refractivity contribution in [3.05, 3.63) is 95.6 Å². The number of aryl methyl sites for hydroxylation is 2. The van der Waals surface area contributed by atoms with E-state index in [4.69, 9.17) is 0 Å². The lowest BCUT2D eigenvalue weighted by Crippen LogP contribution is -2.70. The van der Waals surface area contributed by atoms with Crippen molar-refractivity contribution in [1.29, 1.82) is 0 Å². The molecule has 1 aliphatic rings. The highest BCUT2D eigenvalue weighted by Crippen LogP contribution is 2.34. The van der Waals surface area contributed by atoms with E-state index < -0.39 is 27.4 Å². The Balaban J connectivity index is 1.74. The lowest BCUT2D eigenvalue weighted by molar-refractivity contribution is -0.133. The molecule has 1 saturated heterocycles. The van der Waals surface area contributed by atoms with Crippen molar-refractivity contribution in [2.75, 3.05) is 18.0 Å². The molecule has 7 nitrogen and oxygen atoms in total. The number of nitrogens with zero attached hydrogens (tertiary/aromatic N) is 2. The predicted molar refractivity (Wildman–Crippen MR) is 135 cm³/mol. The highest BCUT2D eigenvalue weighted by molar-refractivity contribution is 7.89. The number of carbonyl (C=O) groups is 2. The van der Waals surface area contributed by atoms with Crippen molar-refractivity contribution >= 4 is 27.5 Å². The van der Waals surface area contributed by atoms with Gasteiger partial charge in [0.2, 0.25) is 21.8 Å². The fraction of sp³-hybridized carbons (Fsp3) is 0.259. The first kappa shape index (κ1) is 24.6. The second kappa shape index (κ2) is 9.64. The van der Waals surface area contributed by atoms with Crippen LogP contribution in [0.5, 0.6) is 0 Å². The number of anilines is 1. The van der Waals surface area contributed by atoms with Crippen LogP contribution < -0.4 is 10.2 Å². The number of piperazine rings is 1. The molecule has 1 fully saturated rings. The van der Waals surface area contributed by atoms with Gasteiger partial charge in [-0.25, -0.2) is 8.42 Å². The normalized spacial score (nSPS) is 18.9. The van der Waals surface area contributed by atoms with Gasteiger partial charge in [-0.1, -0.05) is 66.2 Å². The summed E-state index contributed by atoms with van der Waals surface area (Å²) in [6.07, 6.45) is 0. The van der Waals surface area contributed by atoms with Gasteiger partial charge in [0.1, 0.15) is 5.54 Å². The minimum Gasteiger partial charge on any atom is -0.350 e. The van der Waals surface area contributed by atoms with E-state index in [1.54, 1.807) is 25.1 Å². The lowest BCUT2D eigenvalue weighted by Gasteiger charge is -2.47. The van der Waals surface area contributed by atoms with Crippen LogP contribution in [0, 0.1) is 13.8 Å². The second-order valence-electron chi connectivity index (χ2n) is 9.05. The van der Waals surface area contributed by atoms with Gasteiger partial charge in [-0.15, -0.1) is 0 Å². The lowest BCUT2D eigenvalue weighted by atomic mass is 9.93. The Hall–Kier alpha value is -3.49. The number of hydrogen-bond donors (Lipinski definition) is 1. The van der Waals surface area contributed by atoms with E-state index in [0.717, 1.165) is 21.0 Å². The van der Waals surface area contributed by atoms with E-state index in [2.05, 4.69) is 5.32 Å². The number of benzene rings is 3. The molecule has 0 unspecified atom stereocenters. The maximum Gasteiger partial charge on any atom is 0.247 e. The minimum atomic E-state index is -3.98. The fourth-order valence-corrected chi connectivity index (χ4v) is 5.98. The van der Waals surface area contributed by atoms with Gasteiger partial charge in [-0.3, -0.25) is 14.5 Å². The first-order valence-corrected chi connectivity index (χ1v) is 12.8. The fourth-order valence-electron chi connectivity index (χ4n) is 4.48. The summed E-state index contributed by atoms with van der Waals surface area (Å²) in [5, 5.41) is 2.92. The first-order valence-electron chi connectivity index (χ1n) is 11.4. The van der Waals surface area contributed by atoms with Crippen molar-refractivity contribution in [3.63, 3.8) is 0 Å². The van der Waals surface area contributed by atoms with Crippen LogP contribution in [0.3, 0.4) is 0 Å². The highest BCUT2D eigenvalue weighted by atomic mass is 32.2. The standard InChI is InChI=1S/C27H29N3O4S/c1-20-14-15-24(21(2)16-20)30-25(31)18-29(35(33,34)23-12-8-5-9-13-23)19-27(30,3)26(32)28-17-22-10-6-4-7-11-22/h4-16H,17-19H2,1-3H3,(H,28,32)/t27-/m1/s1. The van der Waals surface area contributed by atoms with Crippen LogP contribution >= 0.6 is 0 Å². The number of carbonyl (C=O) groups excluding carboxylic acids is 2. The van der Waals surface area contributed by atoms with Crippen LogP contribution in [0.25, 0.3) is 0 Å². The Morgan fingerprint density at radius 1 is 0.971 bits per heavy atom. The number of rotatable bonds is 6. The third-order valence-electron chi connectivity index (χ3n) is 6.30. The highest BCUT2D eigenvalue weighted by Gasteiger charge is 2.51. The van der Waals surface area contributed by atoms with E-state index in [9.17, 15) is 18.0 Å². The van der Waals surface area contributed by atoms with E-state index in [1.165, 1.54) is 17.0 Å². The summed E-state index contributed by atoms with van der Waals surface area (Å²) in [5.41, 5.74) is 1.89. The summed E-state index contributed by atoms with van der Waals surface area (Å²) < 4.78 is 27.9. The molecule has 35 heavy (non-hydrogen) atoms. The molecule has 0 spiro atoms. The molecule has 3 aromatic rings. The molecule has 2 amide bonds. The number of amides is 2. The van der Waals surface area contributed by atoms with E-state index >= 15 is 0 Å². The van der Waals surface area contributed by atoms with Gasteiger partial charge >= 0.3 is 0 Å². The Kier molecular flexibility index (Phi) is 6.78. The molecule has 0 bridgehead atoms. The third-order valence-corrected chi connectivity index (χ3v) is 8.10. The van der Waals surface area contributed by atoms with Gasteiger partial charge < -0.3 is 5.32 Å². The first-order chi connectivity index (χ1) is 16.6. The summed E-state index contributed by atoms with van der Waals surface area (Å²) in [6.45, 7) is 5.18. The van der Waals surface area contributed by atoms with Gasteiger partial charge in [0.25, 0.3) is 0 Å². The second-order valence-corrected chi connectivity index (χ2v) is 11.0. The van der Waals surface area contributed by atoms with Gasteiger partial charge in [0, 0.05) is 18.8 Å². The average molecular weight is 492 g/mol. The maximum absolute atomic E-state index is 13.7. The smallest absolute Gasteiger partial charge is 0.247 e. The Labute approximate surface area is 206 Å². The van der Waals surface area contributed by atoms with Crippen molar-refractivity contribution in [2.24, 2.45) is 0 Å². The van der Waals surface area contributed by atoms with Gasteiger partial charge in [-0.2, -0.15) is 4.31 Å². The number of nitrogens with one attached hydrogen (secondary N) is 1. The Bertz CT molecular complexity index is 1340. The topological polar surface area (TPSA) is 86.8 Å². The summed E-state index contributed by atoms with van der Waals surface area (Å²) in [5.74, 6) is -0.886. The molecule has 0 saturated carbocycles. The van der Waals surface area contributed by atoms with Crippen molar-refractivity contribution < 1.29 is 18.0 Å². The largest absolute Gasteiger partial charge is 0.350 e. The van der Waals surface area contributed by atoms with Crippen molar-refractivity contribution in [2.45, 2.75) is 37.8 Å². The molecule has 1 aliphatic heterocycles. The number of hydrogen-bond acceptors (Lipinski definition) is 4. The van der Waals surface area contributed by atoms with Gasteiger partial charge in [0.15, 0.2) is 0 Å². The molecule has 1 N–H and O–H groups in total. The summed E-state index contributed by atoms with van der Waals surface area (Å²) in [6, 6.07) is 23.0. The van der Waals surface area contributed by atoms with E-state index in [-0.39, 0.29) is 24.5 Å². The quantitative estimate of drug-likeness (QED) is 0.573. The third kappa shape index (κ3) is 4.85. The van der Waals surface area contributed by atoms with Gasteiger partial charge in [0.05, 0.1) is 11.4 Å². The van der Waals surface area contributed by atoms with E-state index in [1.807, 2.05) is 62.4 Å². The number of sulfonamides is 1. The molecule has 8 heteroatoms. The van der Waals surface area contributed by atoms with Crippen LogP contribution in [0.15, 0.2) is 83.8 Å². The zero-order chi connectivity index (χ0) is 25.2. The van der Waals surface area contributed by atoms with Crippen molar-refractivity contribution in [3.8, 4) is 0 Å². The molecule has 1 atom stereocenters. The molecule has 4 rings (SSSR count). The molecule has 0 aliphatic carbocycles. The Morgan fingerprint density at radius 2 is 1.60 bits per heavy atom. The molecular formula is C27H29N3O4S. The zero-order valence-corrected chi connectivity index (χ0v) is 20.9. The monoisotopic (exact) mass is 491 g/mol. The predicted octanol–water partition coefficient (Wildman–Crippen LogP) is 3.42.